The number of methoxy groups -OCH3 is 1. The third-order valence-electron chi connectivity index (χ3n) is 5.33. The first kappa shape index (κ1) is 24.8. The maximum absolute atomic E-state index is 12.5. The van der Waals surface area contributed by atoms with Gasteiger partial charge in [0.1, 0.15) is 0 Å². The van der Waals surface area contributed by atoms with Gasteiger partial charge in [0.15, 0.2) is 0 Å². The average Bonchev–Trinajstić information content (AvgIpc) is 2.74. The fourth-order valence-corrected chi connectivity index (χ4v) is 3.49. The number of likely N-dealkylation sites (tertiary alicyclic amines) is 1. The summed E-state index contributed by atoms with van der Waals surface area (Å²) in [6.07, 6.45) is 2.48. The Morgan fingerprint density at radius 3 is 2.55 bits per heavy atom. The highest BCUT2D eigenvalue weighted by atomic mass is 16.5. The monoisotopic (exact) mass is 433 g/mol. The molecule has 2 N–H and O–H groups in total. The van der Waals surface area contributed by atoms with E-state index in [1.807, 2.05) is 20.8 Å². The molecule has 0 saturated carbocycles. The van der Waals surface area contributed by atoms with Crippen LogP contribution in [-0.2, 0) is 19.1 Å². The molecular formula is C23H35N3O5. The van der Waals surface area contributed by atoms with Crippen LogP contribution in [-0.4, -0.2) is 68.7 Å². The molecule has 0 aliphatic carbocycles. The van der Waals surface area contributed by atoms with E-state index in [4.69, 9.17) is 9.47 Å². The van der Waals surface area contributed by atoms with Crippen molar-refractivity contribution in [3.63, 3.8) is 0 Å². The summed E-state index contributed by atoms with van der Waals surface area (Å²) in [5, 5.41) is 5.86. The van der Waals surface area contributed by atoms with Gasteiger partial charge >= 0.3 is 5.97 Å². The topological polar surface area (TPSA) is 97.0 Å². The van der Waals surface area contributed by atoms with E-state index < -0.39 is 5.97 Å². The quantitative estimate of drug-likeness (QED) is 0.434. The number of carbonyl (C=O) groups excluding carboxylic acids is 3. The number of hydrogen-bond acceptors (Lipinski definition) is 6. The van der Waals surface area contributed by atoms with Gasteiger partial charge in [0.05, 0.1) is 25.3 Å². The van der Waals surface area contributed by atoms with E-state index in [9.17, 15) is 14.4 Å². The van der Waals surface area contributed by atoms with Gasteiger partial charge < -0.3 is 20.1 Å². The van der Waals surface area contributed by atoms with Gasteiger partial charge in [-0.2, -0.15) is 0 Å². The number of nitrogens with one attached hydrogen (secondary N) is 2. The second-order valence-corrected chi connectivity index (χ2v) is 8.18. The molecule has 1 fully saturated rings. The lowest BCUT2D eigenvalue weighted by atomic mass is 9.96. The van der Waals surface area contributed by atoms with Gasteiger partial charge in [-0.25, -0.2) is 4.79 Å². The number of anilines is 1. The highest BCUT2D eigenvalue weighted by Gasteiger charge is 2.25. The minimum Gasteiger partial charge on any atom is -0.465 e. The van der Waals surface area contributed by atoms with E-state index in [-0.39, 0.29) is 30.4 Å². The van der Waals surface area contributed by atoms with E-state index >= 15 is 0 Å². The van der Waals surface area contributed by atoms with Crippen LogP contribution in [0.1, 0.15) is 49.0 Å². The number of hydrogen-bond donors (Lipinski definition) is 2. The molecule has 1 aromatic carbocycles. The van der Waals surface area contributed by atoms with E-state index in [1.54, 1.807) is 18.2 Å². The lowest BCUT2D eigenvalue weighted by Gasteiger charge is -2.30. The van der Waals surface area contributed by atoms with Crippen molar-refractivity contribution in [2.45, 2.75) is 46.1 Å². The normalized spacial score (nSPS) is 15.0. The second kappa shape index (κ2) is 12.4. The summed E-state index contributed by atoms with van der Waals surface area (Å²) in [4.78, 5) is 38.6. The minimum atomic E-state index is -0.441. The lowest BCUT2D eigenvalue weighted by Crippen LogP contribution is -2.43. The summed E-state index contributed by atoms with van der Waals surface area (Å²) in [5.41, 5.74) is 1.87. The standard InChI is InChI=1S/C23H35N3O5/c1-16(2)31-13-5-10-24-22(28)18-8-11-26(12-9-18)15-21(27)25-20-14-19(23(29)30-4)7-6-17(20)3/h6-7,14,16,18H,5,8-13,15H2,1-4H3,(H,24,28)(H,25,27). The number of ether oxygens (including phenoxy) is 2. The molecule has 1 heterocycles. The molecule has 0 aromatic heterocycles. The van der Waals surface area contributed by atoms with Crippen molar-refractivity contribution in [2.24, 2.45) is 5.92 Å². The van der Waals surface area contributed by atoms with Crippen LogP contribution in [0.4, 0.5) is 5.69 Å². The van der Waals surface area contributed by atoms with E-state index in [0.717, 1.165) is 24.8 Å². The van der Waals surface area contributed by atoms with Crippen LogP contribution in [0.25, 0.3) is 0 Å². The molecule has 0 unspecified atom stereocenters. The predicted molar refractivity (Wildman–Crippen MR) is 119 cm³/mol. The average molecular weight is 434 g/mol. The van der Waals surface area contributed by atoms with E-state index in [2.05, 4.69) is 15.5 Å². The zero-order chi connectivity index (χ0) is 22.8. The highest BCUT2D eigenvalue weighted by molar-refractivity contribution is 5.96. The molecule has 8 heteroatoms. The van der Waals surface area contributed by atoms with Gasteiger partial charge in [-0.15, -0.1) is 0 Å². The van der Waals surface area contributed by atoms with Gasteiger partial charge in [-0.3, -0.25) is 14.5 Å². The van der Waals surface area contributed by atoms with Crippen molar-refractivity contribution >= 4 is 23.5 Å². The van der Waals surface area contributed by atoms with Gasteiger partial charge in [0.2, 0.25) is 11.8 Å². The first-order valence-corrected chi connectivity index (χ1v) is 10.9. The number of aryl methyl sites for hydroxylation is 1. The Kier molecular flexibility index (Phi) is 9.94. The van der Waals surface area contributed by atoms with Crippen molar-refractivity contribution in [3.05, 3.63) is 29.3 Å². The molecule has 172 valence electrons. The fourth-order valence-electron chi connectivity index (χ4n) is 3.49. The Balaban J connectivity index is 1.73. The number of amides is 2. The van der Waals surface area contributed by atoms with Crippen molar-refractivity contribution in [1.29, 1.82) is 0 Å². The lowest BCUT2D eigenvalue weighted by molar-refractivity contribution is -0.126. The summed E-state index contributed by atoms with van der Waals surface area (Å²) in [6.45, 7) is 8.77. The van der Waals surface area contributed by atoms with Crippen LogP contribution in [0, 0.1) is 12.8 Å². The summed E-state index contributed by atoms with van der Waals surface area (Å²) in [6, 6.07) is 5.08. The third-order valence-corrected chi connectivity index (χ3v) is 5.33. The first-order chi connectivity index (χ1) is 14.8. The largest absolute Gasteiger partial charge is 0.465 e. The summed E-state index contributed by atoms with van der Waals surface area (Å²) in [7, 11) is 1.33. The van der Waals surface area contributed by atoms with Crippen LogP contribution in [0.5, 0.6) is 0 Å². The number of rotatable bonds is 10. The number of piperidine rings is 1. The smallest absolute Gasteiger partial charge is 0.337 e. The summed E-state index contributed by atoms with van der Waals surface area (Å²) >= 11 is 0. The fraction of sp³-hybridized carbons (Fsp3) is 0.609. The van der Waals surface area contributed by atoms with Gasteiger partial charge in [-0.1, -0.05) is 6.07 Å². The Bertz CT molecular complexity index is 758. The van der Waals surface area contributed by atoms with Crippen LogP contribution in [0.3, 0.4) is 0 Å². The number of benzene rings is 1. The molecule has 0 radical (unpaired) electrons. The van der Waals surface area contributed by atoms with Crippen LogP contribution >= 0.6 is 0 Å². The zero-order valence-corrected chi connectivity index (χ0v) is 19.0. The molecule has 0 bridgehead atoms. The van der Waals surface area contributed by atoms with Crippen molar-refractivity contribution in [1.82, 2.24) is 10.2 Å². The molecule has 0 spiro atoms. The highest BCUT2D eigenvalue weighted by Crippen LogP contribution is 2.19. The number of carbonyl (C=O) groups is 3. The Hall–Kier alpha value is -2.45. The molecule has 31 heavy (non-hydrogen) atoms. The second-order valence-electron chi connectivity index (χ2n) is 8.18. The Morgan fingerprint density at radius 2 is 1.90 bits per heavy atom. The first-order valence-electron chi connectivity index (χ1n) is 10.9. The SMILES string of the molecule is COC(=O)c1ccc(C)c(NC(=O)CN2CCC(C(=O)NCCCOC(C)C)CC2)c1. The van der Waals surface area contributed by atoms with Gasteiger partial charge in [-0.05, 0) is 70.8 Å². The molecule has 8 nitrogen and oxygen atoms in total. The van der Waals surface area contributed by atoms with Gasteiger partial charge in [0.25, 0.3) is 0 Å². The van der Waals surface area contributed by atoms with Crippen LogP contribution < -0.4 is 10.6 Å². The molecule has 0 atom stereocenters. The predicted octanol–water partition coefficient (Wildman–Crippen LogP) is 2.36. The molecule has 1 aliphatic heterocycles. The molecule has 1 aliphatic rings. The number of esters is 1. The van der Waals surface area contributed by atoms with E-state index in [1.165, 1.54) is 7.11 Å². The van der Waals surface area contributed by atoms with Gasteiger partial charge in [0, 0.05) is 24.8 Å². The Labute approximate surface area is 184 Å². The molecule has 1 aromatic rings. The Morgan fingerprint density at radius 1 is 1.19 bits per heavy atom. The minimum absolute atomic E-state index is 0.00990. The van der Waals surface area contributed by atoms with Crippen molar-refractivity contribution < 1.29 is 23.9 Å². The zero-order valence-electron chi connectivity index (χ0n) is 19.0. The third kappa shape index (κ3) is 8.30. The molecule has 2 rings (SSSR count). The molecular weight excluding hydrogens is 398 g/mol. The summed E-state index contributed by atoms with van der Waals surface area (Å²) < 4.78 is 10.2. The number of nitrogens with zero attached hydrogens (tertiary/aromatic N) is 1. The van der Waals surface area contributed by atoms with Crippen molar-refractivity contribution in [3.8, 4) is 0 Å². The maximum Gasteiger partial charge on any atom is 0.337 e. The van der Waals surface area contributed by atoms with Crippen molar-refractivity contribution in [2.75, 3.05) is 45.2 Å². The van der Waals surface area contributed by atoms with Crippen LogP contribution in [0.15, 0.2) is 18.2 Å². The summed E-state index contributed by atoms with van der Waals surface area (Å²) in [5.74, 6) is -0.505. The molecule has 2 amide bonds. The van der Waals surface area contributed by atoms with E-state index in [0.29, 0.717) is 37.5 Å². The molecule has 1 saturated heterocycles. The maximum atomic E-state index is 12.5. The van der Waals surface area contributed by atoms with Crippen LogP contribution in [0.2, 0.25) is 0 Å².